The van der Waals surface area contributed by atoms with Crippen molar-refractivity contribution in [3.05, 3.63) is 54.0 Å². The van der Waals surface area contributed by atoms with Gasteiger partial charge in [-0.25, -0.2) is 0 Å². The van der Waals surface area contributed by atoms with Crippen molar-refractivity contribution in [2.45, 2.75) is 38.8 Å². The third-order valence-corrected chi connectivity index (χ3v) is 5.17. The van der Waals surface area contributed by atoms with Crippen LogP contribution in [0.3, 0.4) is 0 Å². The van der Waals surface area contributed by atoms with Crippen LogP contribution < -0.4 is 4.74 Å². The van der Waals surface area contributed by atoms with Gasteiger partial charge in [-0.3, -0.25) is 9.59 Å². The molecule has 7 heteroatoms. The average Bonchev–Trinajstić information content (AvgIpc) is 3.46. The fourth-order valence-corrected chi connectivity index (χ4v) is 3.66. The molecule has 2 heterocycles. The van der Waals surface area contributed by atoms with Crippen molar-refractivity contribution in [3.63, 3.8) is 0 Å². The molecule has 0 saturated carbocycles. The number of para-hydroxylation sites is 1. The quantitative estimate of drug-likeness (QED) is 0.596. The number of furan rings is 1. The number of rotatable bonds is 10. The second kappa shape index (κ2) is 10.8. The van der Waals surface area contributed by atoms with Gasteiger partial charge in [-0.2, -0.15) is 0 Å². The predicted octanol–water partition coefficient (Wildman–Crippen LogP) is 3.35. The first-order valence-electron chi connectivity index (χ1n) is 10.5. The molecule has 1 aliphatic heterocycles. The standard InChI is InChI=1S/C23H30N2O5/c1-3-12-24(23(27)20-10-4-5-11-21(20)28-2)17-22(26)25(15-18-8-6-13-29-18)16-19-9-7-14-30-19/h4-6,8,10-11,13,19H,3,7,9,12,14-17H2,1-2H3. The van der Waals surface area contributed by atoms with Gasteiger partial charge in [0.1, 0.15) is 18.1 Å². The number of carbonyl (C=O) groups is 2. The summed E-state index contributed by atoms with van der Waals surface area (Å²) >= 11 is 0. The summed E-state index contributed by atoms with van der Waals surface area (Å²) in [6, 6.07) is 10.7. The molecule has 7 nitrogen and oxygen atoms in total. The van der Waals surface area contributed by atoms with Gasteiger partial charge in [0.2, 0.25) is 5.91 Å². The van der Waals surface area contributed by atoms with E-state index in [1.807, 2.05) is 19.1 Å². The van der Waals surface area contributed by atoms with Gasteiger partial charge < -0.3 is 23.7 Å². The van der Waals surface area contributed by atoms with Gasteiger partial charge in [0, 0.05) is 19.7 Å². The number of hydrogen-bond acceptors (Lipinski definition) is 5. The first kappa shape index (κ1) is 21.9. The second-order valence-corrected chi connectivity index (χ2v) is 7.42. The Labute approximate surface area is 177 Å². The molecule has 0 spiro atoms. The summed E-state index contributed by atoms with van der Waals surface area (Å²) in [6.45, 7) is 4.04. The Balaban J connectivity index is 1.75. The van der Waals surface area contributed by atoms with E-state index in [2.05, 4.69) is 0 Å². The normalized spacial score (nSPS) is 15.7. The molecule has 1 aliphatic rings. The second-order valence-electron chi connectivity index (χ2n) is 7.42. The molecular formula is C23H30N2O5. The fraction of sp³-hybridized carbons (Fsp3) is 0.478. The number of methoxy groups -OCH3 is 1. The van der Waals surface area contributed by atoms with Gasteiger partial charge in [0.25, 0.3) is 5.91 Å². The third kappa shape index (κ3) is 5.63. The Morgan fingerprint density at radius 1 is 1.17 bits per heavy atom. The van der Waals surface area contributed by atoms with E-state index >= 15 is 0 Å². The highest BCUT2D eigenvalue weighted by atomic mass is 16.5. The van der Waals surface area contributed by atoms with Crippen LogP contribution in [0.25, 0.3) is 0 Å². The molecule has 0 bridgehead atoms. The maximum atomic E-state index is 13.2. The van der Waals surface area contributed by atoms with E-state index < -0.39 is 0 Å². The minimum absolute atomic E-state index is 0.00183. The molecule has 162 valence electrons. The van der Waals surface area contributed by atoms with Crippen molar-refractivity contribution >= 4 is 11.8 Å². The molecule has 3 rings (SSSR count). The summed E-state index contributed by atoms with van der Waals surface area (Å²) in [7, 11) is 1.54. The van der Waals surface area contributed by atoms with Gasteiger partial charge >= 0.3 is 0 Å². The molecule has 1 atom stereocenters. The monoisotopic (exact) mass is 414 g/mol. The van der Waals surface area contributed by atoms with Crippen LogP contribution in [0.4, 0.5) is 0 Å². The van der Waals surface area contributed by atoms with Crippen molar-refractivity contribution in [2.24, 2.45) is 0 Å². The van der Waals surface area contributed by atoms with Crippen LogP contribution in [-0.4, -0.2) is 61.1 Å². The van der Waals surface area contributed by atoms with Gasteiger partial charge in [-0.1, -0.05) is 19.1 Å². The predicted molar refractivity (Wildman–Crippen MR) is 112 cm³/mol. The topological polar surface area (TPSA) is 72.2 Å². The van der Waals surface area contributed by atoms with Gasteiger partial charge in [-0.05, 0) is 43.5 Å². The van der Waals surface area contributed by atoms with Crippen LogP contribution in [0.5, 0.6) is 5.75 Å². The molecule has 1 saturated heterocycles. The lowest BCUT2D eigenvalue weighted by molar-refractivity contribution is -0.134. The van der Waals surface area contributed by atoms with Crippen molar-refractivity contribution in [3.8, 4) is 5.75 Å². The molecule has 2 amide bonds. The minimum atomic E-state index is -0.210. The van der Waals surface area contributed by atoms with E-state index in [1.54, 1.807) is 40.3 Å². The Kier molecular flexibility index (Phi) is 7.90. The lowest BCUT2D eigenvalue weighted by atomic mass is 10.1. The molecule has 1 fully saturated rings. The van der Waals surface area contributed by atoms with Crippen molar-refractivity contribution in [2.75, 3.05) is 33.4 Å². The number of benzene rings is 1. The zero-order valence-electron chi connectivity index (χ0n) is 17.7. The SMILES string of the molecule is CCCN(CC(=O)N(Cc1ccco1)CC1CCCO1)C(=O)c1ccccc1OC. The number of amides is 2. The van der Waals surface area contributed by atoms with E-state index in [9.17, 15) is 9.59 Å². The highest BCUT2D eigenvalue weighted by molar-refractivity contribution is 5.98. The Hall–Kier alpha value is -2.80. The lowest BCUT2D eigenvalue weighted by Crippen LogP contribution is -2.45. The van der Waals surface area contributed by atoms with Crippen LogP contribution in [0, 0.1) is 0 Å². The molecule has 1 aromatic carbocycles. The van der Waals surface area contributed by atoms with Crippen molar-refractivity contribution in [1.82, 2.24) is 9.80 Å². The highest BCUT2D eigenvalue weighted by Crippen LogP contribution is 2.20. The largest absolute Gasteiger partial charge is 0.496 e. The van der Waals surface area contributed by atoms with Crippen molar-refractivity contribution in [1.29, 1.82) is 0 Å². The van der Waals surface area contributed by atoms with E-state index in [-0.39, 0.29) is 24.5 Å². The summed E-state index contributed by atoms with van der Waals surface area (Å²) < 4.78 is 16.5. The van der Waals surface area contributed by atoms with Crippen molar-refractivity contribution < 1.29 is 23.5 Å². The maximum Gasteiger partial charge on any atom is 0.258 e. The minimum Gasteiger partial charge on any atom is -0.496 e. The number of carbonyl (C=O) groups excluding carboxylic acids is 2. The number of hydrogen-bond donors (Lipinski definition) is 0. The zero-order chi connectivity index (χ0) is 21.3. The summed E-state index contributed by atoms with van der Waals surface area (Å²) in [4.78, 5) is 29.7. The Morgan fingerprint density at radius 2 is 2.00 bits per heavy atom. The van der Waals surface area contributed by atoms with Crippen LogP contribution in [-0.2, 0) is 16.1 Å². The third-order valence-electron chi connectivity index (χ3n) is 5.17. The van der Waals surface area contributed by atoms with Crippen LogP contribution >= 0.6 is 0 Å². The summed E-state index contributed by atoms with van der Waals surface area (Å²) in [5.74, 6) is 0.874. The van der Waals surface area contributed by atoms with Crippen LogP contribution in [0.1, 0.15) is 42.3 Å². The molecular weight excluding hydrogens is 384 g/mol. The molecule has 1 aromatic heterocycles. The van der Waals surface area contributed by atoms with Crippen LogP contribution in [0.15, 0.2) is 47.1 Å². The first-order valence-corrected chi connectivity index (χ1v) is 10.5. The lowest BCUT2D eigenvalue weighted by Gasteiger charge is -2.29. The molecule has 1 unspecified atom stereocenters. The van der Waals surface area contributed by atoms with Crippen LogP contribution in [0.2, 0.25) is 0 Å². The Morgan fingerprint density at radius 3 is 2.67 bits per heavy atom. The summed E-state index contributed by atoms with van der Waals surface area (Å²) in [6.07, 6.45) is 4.30. The van der Waals surface area contributed by atoms with E-state index in [0.29, 0.717) is 36.7 Å². The van der Waals surface area contributed by atoms with E-state index in [4.69, 9.17) is 13.9 Å². The highest BCUT2D eigenvalue weighted by Gasteiger charge is 2.27. The van der Waals surface area contributed by atoms with Gasteiger partial charge in [0.05, 0.1) is 31.6 Å². The average molecular weight is 415 g/mol. The zero-order valence-corrected chi connectivity index (χ0v) is 17.7. The fourth-order valence-electron chi connectivity index (χ4n) is 3.66. The smallest absolute Gasteiger partial charge is 0.258 e. The molecule has 0 aliphatic carbocycles. The summed E-state index contributed by atoms with van der Waals surface area (Å²) in [5.41, 5.74) is 0.456. The maximum absolute atomic E-state index is 13.2. The molecule has 0 radical (unpaired) electrons. The summed E-state index contributed by atoms with van der Waals surface area (Å²) in [5, 5.41) is 0. The van der Waals surface area contributed by atoms with Gasteiger partial charge in [0.15, 0.2) is 0 Å². The van der Waals surface area contributed by atoms with E-state index in [1.165, 1.54) is 7.11 Å². The Bertz CT molecular complexity index is 815. The number of nitrogens with zero attached hydrogens (tertiary/aromatic N) is 2. The molecule has 2 aromatic rings. The van der Waals surface area contributed by atoms with E-state index in [0.717, 1.165) is 25.9 Å². The first-order chi connectivity index (χ1) is 14.6. The number of ether oxygens (including phenoxy) is 2. The van der Waals surface area contributed by atoms with Gasteiger partial charge in [-0.15, -0.1) is 0 Å². The molecule has 0 N–H and O–H groups in total. The molecule has 30 heavy (non-hydrogen) atoms.